The van der Waals surface area contributed by atoms with Crippen LogP contribution in [0.2, 0.25) is 0 Å². The summed E-state index contributed by atoms with van der Waals surface area (Å²) < 4.78 is 0. The van der Waals surface area contributed by atoms with Crippen LogP contribution in [0.5, 0.6) is 0 Å². The molecule has 0 saturated heterocycles. The number of hydrogen-bond acceptors (Lipinski definition) is 4. The Morgan fingerprint density at radius 2 is 1.47 bits per heavy atom. The zero-order valence-electron chi connectivity index (χ0n) is 10.5. The molecule has 4 heteroatoms. The molecule has 92 valence electrons. The van der Waals surface area contributed by atoms with Crippen LogP contribution in [0.15, 0.2) is 29.3 Å². The van der Waals surface area contributed by atoms with Crippen molar-refractivity contribution in [1.82, 2.24) is 0 Å². The van der Waals surface area contributed by atoms with E-state index in [1.807, 2.05) is 0 Å². The van der Waals surface area contributed by atoms with E-state index in [2.05, 4.69) is 18.2 Å². The third-order valence-electron chi connectivity index (χ3n) is 2.35. The Hall–Kier alpha value is -1.80. The maximum absolute atomic E-state index is 11.6. The van der Waals surface area contributed by atoms with E-state index in [1.165, 1.54) is 6.08 Å². The van der Waals surface area contributed by atoms with Crippen molar-refractivity contribution in [3.8, 4) is 0 Å². The van der Waals surface area contributed by atoms with Gasteiger partial charge in [0.2, 0.25) is 6.08 Å². The number of carbonyl (C=O) groups excluding carboxylic acids is 3. The van der Waals surface area contributed by atoms with Crippen LogP contribution < -0.4 is 0 Å². The number of aliphatic imine (C=N–C) groups is 1. The molecule has 0 aliphatic rings. The minimum Gasteiger partial charge on any atom is -0.294 e. The highest BCUT2D eigenvalue weighted by atomic mass is 16.1. The molecule has 17 heavy (non-hydrogen) atoms. The van der Waals surface area contributed by atoms with Crippen molar-refractivity contribution >= 4 is 17.6 Å². The standard InChI is InChI=1S/C13H17NO3/c1-9(2)11(16)6-13(5,14-8-15)7-12(17)10(3)4/h1,3,6-7H2,2,4-5H3. The Morgan fingerprint density at radius 1 is 1.12 bits per heavy atom. The Bertz CT molecular complexity index is 386. The second-order valence-corrected chi connectivity index (χ2v) is 4.46. The van der Waals surface area contributed by atoms with Crippen molar-refractivity contribution in [2.75, 3.05) is 0 Å². The molecule has 0 N–H and O–H groups in total. The van der Waals surface area contributed by atoms with Gasteiger partial charge in [0.05, 0.1) is 5.54 Å². The minimum atomic E-state index is -1.06. The van der Waals surface area contributed by atoms with Gasteiger partial charge in [0, 0.05) is 12.8 Å². The highest BCUT2D eigenvalue weighted by Gasteiger charge is 2.30. The Morgan fingerprint density at radius 3 is 1.71 bits per heavy atom. The monoisotopic (exact) mass is 235 g/mol. The maximum Gasteiger partial charge on any atom is 0.235 e. The summed E-state index contributed by atoms with van der Waals surface area (Å²) in [6.45, 7) is 11.8. The molecule has 0 aliphatic heterocycles. The zero-order chi connectivity index (χ0) is 13.6. The lowest BCUT2D eigenvalue weighted by atomic mass is 9.87. The molecule has 0 aromatic carbocycles. The van der Waals surface area contributed by atoms with E-state index < -0.39 is 5.54 Å². The third-order valence-corrected chi connectivity index (χ3v) is 2.35. The van der Waals surface area contributed by atoms with E-state index in [0.29, 0.717) is 11.1 Å². The van der Waals surface area contributed by atoms with Gasteiger partial charge in [-0.15, -0.1) is 0 Å². The van der Waals surface area contributed by atoms with Gasteiger partial charge >= 0.3 is 0 Å². The van der Waals surface area contributed by atoms with E-state index in [-0.39, 0.29) is 24.4 Å². The average molecular weight is 235 g/mol. The summed E-state index contributed by atoms with van der Waals surface area (Å²) >= 11 is 0. The van der Waals surface area contributed by atoms with Crippen LogP contribution in [0.3, 0.4) is 0 Å². The summed E-state index contributed by atoms with van der Waals surface area (Å²) in [6.07, 6.45) is 1.35. The summed E-state index contributed by atoms with van der Waals surface area (Å²) in [6, 6.07) is 0. The molecule has 0 rings (SSSR count). The average Bonchev–Trinajstić information content (AvgIpc) is 2.16. The van der Waals surface area contributed by atoms with Gasteiger partial charge in [-0.25, -0.2) is 4.79 Å². The Labute approximate surface area is 101 Å². The Balaban J connectivity index is 4.98. The lowest BCUT2D eigenvalue weighted by Gasteiger charge is -2.21. The number of hydrogen-bond donors (Lipinski definition) is 0. The predicted molar refractivity (Wildman–Crippen MR) is 65.4 cm³/mol. The lowest BCUT2D eigenvalue weighted by molar-refractivity contribution is -0.118. The van der Waals surface area contributed by atoms with Crippen LogP contribution in [-0.2, 0) is 14.4 Å². The second-order valence-electron chi connectivity index (χ2n) is 4.46. The minimum absolute atomic E-state index is 0.0312. The number of carbonyl (C=O) groups is 2. The summed E-state index contributed by atoms with van der Waals surface area (Å²) in [4.78, 5) is 37.1. The van der Waals surface area contributed by atoms with Crippen molar-refractivity contribution < 1.29 is 14.4 Å². The first-order valence-electron chi connectivity index (χ1n) is 5.18. The fourth-order valence-corrected chi connectivity index (χ4v) is 1.25. The van der Waals surface area contributed by atoms with E-state index in [0.717, 1.165) is 0 Å². The van der Waals surface area contributed by atoms with E-state index in [9.17, 15) is 14.4 Å². The molecule has 0 saturated carbocycles. The van der Waals surface area contributed by atoms with Crippen molar-refractivity contribution in [3.63, 3.8) is 0 Å². The van der Waals surface area contributed by atoms with Crippen LogP contribution >= 0.6 is 0 Å². The number of rotatable bonds is 7. The molecule has 0 fully saturated rings. The van der Waals surface area contributed by atoms with Crippen molar-refractivity contribution in [2.24, 2.45) is 4.99 Å². The summed E-state index contributed by atoms with van der Waals surface area (Å²) in [5.74, 6) is -0.443. The number of ketones is 2. The molecule has 4 nitrogen and oxygen atoms in total. The van der Waals surface area contributed by atoms with Gasteiger partial charge in [0.1, 0.15) is 0 Å². The summed E-state index contributed by atoms with van der Waals surface area (Å²) in [7, 11) is 0. The summed E-state index contributed by atoms with van der Waals surface area (Å²) in [5.41, 5.74) is -0.312. The molecule has 0 unspecified atom stereocenters. The molecule has 0 spiro atoms. The first-order valence-corrected chi connectivity index (χ1v) is 5.18. The van der Waals surface area contributed by atoms with Crippen LogP contribution in [0.25, 0.3) is 0 Å². The molecule has 0 bridgehead atoms. The SMILES string of the molecule is C=C(C)C(=O)CC(C)(CC(=O)C(=C)C)N=C=O. The van der Waals surface area contributed by atoms with Crippen LogP contribution in [0.4, 0.5) is 0 Å². The zero-order valence-corrected chi connectivity index (χ0v) is 10.5. The second kappa shape index (κ2) is 6.06. The molecular formula is C13H17NO3. The molecule has 0 aromatic rings. The van der Waals surface area contributed by atoms with Crippen LogP contribution in [0.1, 0.15) is 33.6 Å². The fraction of sp³-hybridized carbons (Fsp3) is 0.462. The van der Waals surface area contributed by atoms with Gasteiger partial charge in [-0.1, -0.05) is 13.2 Å². The molecule has 0 aliphatic carbocycles. The lowest BCUT2D eigenvalue weighted by Crippen LogP contribution is -2.29. The number of Topliss-reactive ketones (excluding diaryl/α,β-unsaturated/α-hetero) is 2. The predicted octanol–water partition coefficient (Wildman–Crippen LogP) is 2.15. The number of allylic oxidation sites excluding steroid dienone is 2. The molecule has 0 amide bonds. The van der Waals surface area contributed by atoms with Crippen LogP contribution in [0, 0.1) is 0 Å². The Kier molecular flexibility index (Phi) is 5.42. The third kappa shape index (κ3) is 5.18. The van der Waals surface area contributed by atoms with Crippen molar-refractivity contribution in [3.05, 3.63) is 24.3 Å². The first-order chi connectivity index (χ1) is 7.72. The largest absolute Gasteiger partial charge is 0.294 e. The number of isocyanates is 1. The van der Waals surface area contributed by atoms with Gasteiger partial charge < -0.3 is 0 Å². The number of nitrogens with zero attached hydrogens (tertiary/aromatic N) is 1. The van der Waals surface area contributed by atoms with E-state index in [1.54, 1.807) is 20.8 Å². The van der Waals surface area contributed by atoms with Gasteiger partial charge in [0.15, 0.2) is 11.6 Å². The van der Waals surface area contributed by atoms with Gasteiger partial charge in [-0.05, 0) is 31.9 Å². The molecule has 0 radical (unpaired) electrons. The topological polar surface area (TPSA) is 63.6 Å². The van der Waals surface area contributed by atoms with E-state index >= 15 is 0 Å². The van der Waals surface area contributed by atoms with Gasteiger partial charge in [-0.3, -0.25) is 9.59 Å². The van der Waals surface area contributed by atoms with Gasteiger partial charge in [-0.2, -0.15) is 4.99 Å². The van der Waals surface area contributed by atoms with Crippen LogP contribution in [-0.4, -0.2) is 23.2 Å². The summed E-state index contributed by atoms with van der Waals surface area (Å²) in [5, 5.41) is 0. The molecule has 0 atom stereocenters. The smallest absolute Gasteiger partial charge is 0.235 e. The van der Waals surface area contributed by atoms with Crippen molar-refractivity contribution in [1.29, 1.82) is 0 Å². The molecule has 0 aromatic heterocycles. The van der Waals surface area contributed by atoms with Crippen molar-refractivity contribution in [2.45, 2.75) is 39.2 Å². The highest BCUT2D eigenvalue weighted by Crippen LogP contribution is 2.23. The van der Waals surface area contributed by atoms with E-state index in [4.69, 9.17) is 0 Å². The highest BCUT2D eigenvalue weighted by molar-refractivity contribution is 5.98. The fourth-order valence-electron chi connectivity index (χ4n) is 1.25. The quantitative estimate of drug-likeness (QED) is 0.386. The molecular weight excluding hydrogens is 218 g/mol. The maximum atomic E-state index is 11.6. The first kappa shape index (κ1) is 15.2. The van der Waals surface area contributed by atoms with Gasteiger partial charge in [0.25, 0.3) is 0 Å². The normalized spacial score (nSPS) is 10.3. The molecule has 0 heterocycles.